The highest BCUT2D eigenvalue weighted by molar-refractivity contribution is 5.78. The average molecular weight is 352 g/mol. The first-order valence-corrected chi connectivity index (χ1v) is 9.30. The van der Waals surface area contributed by atoms with Gasteiger partial charge in [0.1, 0.15) is 5.75 Å². The molecule has 26 heavy (non-hydrogen) atoms. The van der Waals surface area contributed by atoms with Crippen molar-refractivity contribution >= 4 is 17.0 Å². The Hall–Kier alpha value is -2.53. The van der Waals surface area contributed by atoms with Gasteiger partial charge < -0.3 is 19.5 Å². The number of hydrogen-bond acceptors (Lipinski definition) is 4. The van der Waals surface area contributed by atoms with Gasteiger partial charge in [0, 0.05) is 25.2 Å². The molecule has 0 fully saturated rings. The highest BCUT2D eigenvalue weighted by Gasteiger charge is 2.12. The van der Waals surface area contributed by atoms with Gasteiger partial charge in [-0.1, -0.05) is 44.2 Å². The summed E-state index contributed by atoms with van der Waals surface area (Å²) in [5.74, 6) is 1.80. The molecule has 3 aromatic rings. The Morgan fingerprint density at radius 2 is 1.77 bits per heavy atom. The fraction of sp³-hybridized carbons (Fsp3) is 0.381. The second kappa shape index (κ2) is 8.72. The van der Waals surface area contributed by atoms with Crippen LogP contribution in [0.4, 0.5) is 5.95 Å². The smallest absolute Gasteiger partial charge is 0.204 e. The zero-order chi connectivity index (χ0) is 18.4. The molecule has 0 unspecified atom stereocenters. The molecule has 5 heteroatoms. The van der Waals surface area contributed by atoms with E-state index in [0.29, 0.717) is 6.54 Å². The number of benzene rings is 2. The fourth-order valence-corrected chi connectivity index (χ4v) is 3.24. The van der Waals surface area contributed by atoms with Crippen molar-refractivity contribution < 1.29 is 4.74 Å². The minimum Gasteiger partial charge on any atom is -0.496 e. The maximum Gasteiger partial charge on any atom is 0.204 e. The maximum atomic E-state index is 5.46. The van der Waals surface area contributed by atoms with Crippen molar-refractivity contribution in [2.24, 2.45) is 0 Å². The maximum absolute atomic E-state index is 5.46. The van der Waals surface area contributed by atoms with Crippen LogP contribution in [-0.4, -0.2) is 41.2 Å². The molecule has 0 radical (unpaired) electrons. The number of nitrogens with zero attached hydrogens (tertiary/aromatic N) is 3. The minimum atomic E-state index is 0.679. The van der Waals surface area contributed by atoms with Crippen LogP contribution in [0.5, 0.6) is 5.75 Å². The minimum absolute atomic E-state index is 0.679. The molecule has 138 valence electrons. The lowest BCUT2D eigenvalue weighted by atomic mass is 10.2. The molecular weight excluding hydrogens is 324 g/mol. The molecule has 0 bridgehead atoms. The number of methoxy groups -OCH3 is 1. The first kappa shape index (κ1) is 18.3. The van der Waals surface area contributed by atoms with E-state index < -0.39 is 0 Å². The van der Waals surface area contributed by atoms with Crippen LogP contribution in [0.3, 0.4) is 0 Å². The SMILES string of the molecule is CCN(CC)CCn1c(NCc2ccccc2OC)nc2ccccc21. The Labute approximate surface area is 155 Å². The lowest BCUT2D eigenvalue weighted by Gasteiger charge is -2.19. The largest absolute Gasteiger partial charge is 0.496 e. The number of hydrogen-bond donors (Lipinski definition) is 1. The summed E-state index contributed by atoms with van der Waals surface area (Å²) in [7, 11) is 1.71. The van der Waals surface area contributed by atoms with Gasteiger partial charge in [0.25, 0.3) is 0 Å². The van der Waals surface area contributed by atoms with Gasteiger partial charge in [-0.05, 0) is 31.3 Å². The van der Waals surface area contributed by atoms with Crippen molar-refractivity contribution in [2.75, 3.05) is 32.1 Å². The molecule has 0 atom stereocenters. The molecule has 0 amide bonds. The molecule has 3 rings (SSSR count). The van der Waals surface area contributed by atoms with Crippen molar-refractivity contribution in [1.82, 2.24) is 14.5 Å². The van der Waals surface area contributed by atoms with Gasteiger partial charge in [-0.3, -0.25) is 0 Å². The number of para-hydroxylation sites is 3. The number of aromatic nitrogens is 2. The highest BCUT2D eigenvalue weighted by Crippen LogP contribution is 2.22. The summed E-state index contributed by atoms with van der Waals surface area (Å²) < 4.78 is 7.74. The molecule has 0 saturated heterocycles. The zero-order valence-corrected chi connectivity index (χ0v) is 15.9. The number of nitrogens with one attached hydrogen (secondary N) is 1. The average Bonchev–Trinajstić information content (AvgIpc) is 3.05. The molecule has 0 spiro atoms. The van der Waals surface area contributed by atoms with Gasteiger partial charge in [-0.25, -0.2) is 4.98 Å². The van der Waals surface area contributed by atoms with Gasteiger partial charge in [-0.15, -0.1) is 0 Å². The topological polar surface area (TPSA) is 42.3 Å². The monoisotopic (exact) mass is 352 g/mol. The predicted molar refractivity (Wildman–Crippen MR) is 108 cm³/mol. The number of anilines is 1. The Morgan fingerprint density at radius 3 is 2.54 bits per heavy atom. The number of likely N-dealkylation sites (N-methyl/N-ethyl adjacent to an activating group) is 1. The molecule has 1 heterocycles. The lowest BCUT2D eigenvalue weighted by molar-refractivity contribution is 0.292. The number of imidazole rings is 1. The van der Waals surface area contributed by atoms with Gasteiger partial charge in [-0.2, -0.15) is 0 Å². The molecule has 1 aromatic heterocycles. The van der Waals surface area contributed by atoms with Crippen LogP contribution in [0, 0.1) is 0 Å². The predicted octanol–water partition coefficient (Wildman–Crippen LogP) is 4.00. The second-order valence-corrected chi connectivity index (χ2v) is 6.27. The van der Waals surface area contributed by atoms with E-state index in [4.69, 9.17) is 9.72 Å². The summed E-state index contributed by atoms with van der Waals surface area (Å²) in [4.78, 5) is 7.23. The number of rotatable bonds is 9. The van der Waals surface area contributed by atoms with E-state index in [9.17, 15) is 0 Å². The summed E-state index contributed by atoms with van der Waals surface area (Å²) in [5, 5.41) is 3.51. The van der Waals surface area contributed by atoms with Crippen LogP contribution in [0.15, 0.2) is 48.5 Å². The molecule has 5 nitrogen and oxygen atoms in total. The molecule has 1 N–H and O–H groups in total. The highest BCUT2D eigenvalue weighted by atomic mass is 16.5. The van der Waals surface area contributed by atoms with Crippen LogP contribution >= 0.6 is 0 Å². The summed E-state index contributed by atoms with van der Waals surface area (Å²) in [6.45, 7) is 9.14. The first-order valence-electron chi connectivity index (χ1n) is 9.30. The molecule has 0 aliphatic carbocycles. The quantitative estimate of drug-likeness (QED) is 0.632. The van der Waals surface area contributed by atoms with E-state index >= 15 is 0 Å². The standard InChI is InChI=1S/C21H28N4O/c1-4-24(5-2)14-15-25-19-12-8-7-11-18(19)23-21(25)22-16-17-10-6-9-13-20(17)26-3/h6-13H,4-5,14-16H2,1-3H3,(H,22,23). The van der Waals surface area contributed by atoms with Crippen LogP contribution in [0.2, 0.25) is 0 Å². The van der Waals surface area contributed by atoms with Gasteiger partial charge in [0.05, 0.1) is 18.1 Å². The third-order valence-corrected chi connectivity index (χ3v) is 4.82. The van der Waals surface area contributed by atoms with Crippen LogP contribution in [-0.2, 0) is 13.1 Å². The van der Waals surface area contributed by atoms with Crippen molar-refractivity contribution in [3.63, 3.8) is 0 Å². The fourth-order valence-electron chi connectivity index (χ4n) is 3.24. The summed E-state index contributed by atoms with van der Waals surface area (Å²) in [5.41, 5.74) is 3.31. The van der Waals surface area contributed by atoms with E-state index in [0.717, 1.165) is 49.0 Å². The Morgan fingerprint density at radius 1 is 1.04 bits per heavy atom. The van der Waals surface area contributed by atoms with Crippen LogP contribution in [0.25, 0.3) is 11.0 Å². The van der Waals surface area contributed by atoms with Crippen molar-refractivity contribution in [2.45, 2.75) is 26.9 Å². The second-order valence-electron chi connectivity index (χ2n) is 6.27. The summed E-state index contributed by atoms with van der Waals surface area (Å²) >= 11 is 0. The van der Waals surface area contributed by atoms with Crippen molar-refractivity contribution in [1.29, 1.82) is 0 Å². The molecular formula is C21H28N4O. The van der Waals surface area contributed by atoms with E-state index in [1.54, 1.807) is 7.11 Å². The van der Waals surface area contributed by atoms with Crippen LogP contribution in [0.1, 0.15) is 19.4 Å². The summed E-state index contributed by atoms with van der Waals surface area (Å²) in [6.07, 6.45) is 0. The van der Waals surface area contributed by atoms with E-state index in [2.05, 4.69) is 52.9 Å². The van der Waals surface area contributed by atoms with E-state index in [1.165, 1.54) is 5.52 Å². The zero-order valence-electron chi connectivity index (χ0n) is 15.9. The normalized spacial score (nSPS) is 11.2. The van der Waals surface area contributed by atoms with Crippen molar-refractivity contribution in [3.05, 3.63) is 54.1 Å². The number of fused-ring (bicyclic) bond motifs is 1. The van der Waals surface area contributed by atoms with Crippen LogP contribution < -0.4 is 10.1 Å². The third-order valence-electron chi connectivity index (χ3n) is 4.82. The Bertz CT molecular complexity index is 839. The Balaban J connectivity index is 1.83. The molecule has 0 saturated carbocycles. The van der Waals surface area contributed by atoms with E-state index in [1.807, 2.05) is 24.3 Å². The summed E-state index contributed by atoms with van der Waals surface area (Å²) in [6, 6.07) is 16.4. The molecule has 0 aliphatic rings. The third kappa shape index (κ3) is 3.99. The molecule has 2 aromatic carbocycles. The van der Waals surface area contributed by atoms with Gasteiger partial charge in [0.2, 0.25) is 5.95 Å². The van der Waals surface area contributed by atoms with Gasteiger partial charge >= 0.3 is 0 Å². The van der Waals surface area contributed by atoms with Crippen molar-refractivity contribution in [3.8, 4) is 5.75 Å². The van der Waals surface area contributed by atoms with Gasteiger partial charge in [0.15, 0.2) is 0 Å². The lowest BCUT2D eigenvalue weighted by Crippen LogP contribution is -2.27. The Kier molecular flexibility index (Phi) is 6.12. The first-order chi connectivity index (χ1) is 12.8. The number of ether oxygens (including phenoxy) is 1. The van der Waals surface area contributed by atoms with E-state index in [-0.39, 0.29) is 0 Å². The molecule has 0 aliphatic heterocycles.